The van der Waals surface area contributed by atoms with Crippen LogP contribution in [0.3, 0.4) is 0 Å². The normalized spacial score (nSPS) is 32.4. The zero-order valence-electron chi connectivity index (χ0n) is 22.3. The number of hydrogen-bond acceptors (Lipinski definition) is 5. The van der Waals surface area contributed by atoms with Crippen molar-refractivity contribution in [2.24, 2.45) is 23.7 Å². The number of rotatable bonds is 9. The van der Waals surface area contributed by atoms with Crippen LogP contribution in [0.5, 0.6) is 0 Å². The van der Waals surface area contributed by atoms with E-state index < -0.39 is 28.7 Å². The van der Waals surface area contributed by atoms with Crippen molar-refractivity contribution >= 4 is 35.2 Å². The highest BCUT2D eigenvalue weighted by Gasteiger charge is 2.76. The number of anilines is 1. The molecule has 0 saturated carbocycles. The van der Waals surface area contributed by atoms with Crippen LogP contribution < -0.4 is 10.6 Å². The molecule has 198 valence electrons. The summed E-state index contributed by atoms with van der Waals surface area (Å²) in [6.45, 7) is 12.5. The molecule has 0 aliphatic carbocycles. The molecular weight excluding hydrogens is 474 g/mol. The number of likely N-dealkylation sites (tertiary alicyclic amines) is 1. The van der Waals surface area contributed by atoms with Gasteiger partial charge in [0.1, 0.15) is 6.04 Å². The van der Waals surface area contributed by atoms with Gasteiger partial charge in [-0.3, -0.25) is 14.4 Å². The summed E-state index contributed by atoms with van der Waals surface area (Å²) in [7, 11) is 0. The number of aliphatic hydroxyl groups is 1. The van der Waals surface area contributed by atoms with E-state index in [2.05, 4.69) is 17.6 Å². The third-order valence-electron chi connectivity index (χ3n) is 8.78. The van der Waals surface area contributed by atoms with Gasteiger partial charge in [0.15, 0.2) is 0 Å². The van der Waals surface area contributed by atoms with Crippen molar-refractivity contribution in [3.63, 3.8) is 0 Å². The number of hydrogen-bond donors (Lipinski definition) is 3. The van der Waals surface area contributed by atoms with Crippen molar-refractivity contribution in [2.75, 3.05) is 18.5 Å². The molecule has 8 heteroatoms. The Balaban J connectivity index is 1.80. The number of fused-ring (bicyclic) bond motifs is 1. The van der Waals surface area contributed by atoms with Gasteiger partial charge < -0.3 is 20.6 Å². The monoisotopic (exact) mass is 515 g/mol. The summed E-state index contributed by atoms with van der Waals surface area (Å²) in [4.78, 5) is 43.4. The molecule has 3 heterocycles. The number of aryl methyl sites for hydroxylation is 2. The maximum atomic E-state index is 14.3. The number of thioether (sulfide) groups is 1. The summed E-state index contributed by atoms with van der Waals surface area (Å²) in [6.07, 6.45) is 2.39. The number of benzene rings is 1. The van der Waals surface area contributed by atoms with Gasteiger partial charge in [-0.1, -0.05) is 46.2 Å². The first-order chi connectivity index (χ1) is 17.1. The second kappa shape index (κ2) is 10.4. The van der Waals surface area contributed by atoms with E-state index in [1.807, 2.05) is 52.8 Å². The first-order valence-electron chi connectivity index (χ1n) is 13.4. The maximum absolute atomic E-state index is 14.3. The Hall–Kier alpha value is -2.06. The van der Waals surface area contributed by atoms with Gasteiger partial charge in [0, 0.05) is 17.5 Å². The molecule has 2 bridgehead atoms. The molecule has 3 unspecified atom stereocenters. The fourth-order valence-electron chi connectivity index (χ4n) is 6.67. The fourth-order valence-corrected chi connectivity index (χ4v) is 9.08. The van der Waals surface area contributed by atoms with Crippen LogP contribution in [0, 0.1) is 37.5 Å². The third kappa shape index (κ3) is 4.14. The zero-order valence-corrected chi connectivity index (χ0v) is 23.2. The van der Waals surface area contributed by atoms with Gasteiger partial charge in [-0.25, -0.2) is 0 Å². The van der Waals surface area contributed by atoms with Crippen molar-refractivity contribution < 1.29 is 19.5 Å². The van der Waals surface area contributed by atoms with Crippen LogP contribution in [0.1, 0.15) is 58.1 Å². The molecule has 0 aromatic heterocycles. The van der Waals surface area contributed by atoms with Crippen molar-refractivity contribution in [1.82, 2.24) is 10.2 Å². The van der Waals surface area contributed by atoms with Crippen molar-refractivity contribution in [2.45, 2.75) is 82.9 Å². The molecule has 36 heavy (non-hydrogen) atoms. The van der Waals surface area contributed by atoms with Crippen LogP contribution in [0.2, 0.25) is 0 Å². The minimum Gasteiger partial charge on any atom is -0.394 e. The number of nitrogens with one attached hydrogen (secondary N) is 2. The lowest BCUT2D eigenvalue weighted by Gasteiger charge is -2.41. The SMILES string of the molecule is CCCNC(=O)[C@@H]1[C@H]2C(=O)N([C@@H](CO)[C@@H](C)CC)C(C(=O)Nc3cc(C)ccc3C)C23S[C@@H]1CC3C. The maximum Gasteiger partial charge on any atom is 0.248 e. The van der Waals surface area contributed by atoms with Gasteiger partial charge >= 0.3 is 0 Å². The number of carbonyl (C=O) groups excluding carboxylic acids is 3. The lowest BCUT2D eigenvalue weighted by molar-refractivity contribution is -0.143. The van der Waals surface area contributed by atoms with Crippen LogP contribution in [0.25, 0.3) is 0 Å². The van der Waals surface area contributed by atoms with Gasteiger partial charge in [-0.05, 0) is 55.7 Å². The highest BCUT2D eigenvalue weighted by atomic mass is 32.2. The third-order valence-corrected chi connectivity index (χ3v) is 10.9. The molecule has 4 rings (SSSR count). The molecule has 1 spiro atoms. The molecule has 1 aromatic rings. The summed E-state index contributed by atoms with van der Waals surface area (Å²) >= 11 is 1.67. The minimum absolute atomic E-state index is 0.00931. The van der Waals surface area contributed by atoms with E-state index in [0.29, 0.717) is 6.54 Å². The summed E-state index contributed by atoms with van der Waals surface area (Å²) in [5.74, 6) is -1.39. The minimum atomic E-state index is -0.755. The number of aliphatic hydroxyl groups excluding tert-OH is 1. The second-order valence-electron chi connectivity index (χ2n) is 11.0. The largest absolute Gasteiger partial charge is 0.394 e. The summed E-state index contributed by atoms with van der Waals surface area (Å²) in [5.41, 5.74) is 2.72. The Bertz CT molecular complexity index is 1030. The van der Waals surface area contributed by atoms with E-state index in [1.54, 1.807) is 16.7 Å². The topological polar surface area (TPSA) is 98.7 Å². The molecule has 3 N–H and O–H groups in total. The Kier molecular flexibility index (Phi) is 7.77. The van der Waals surface area contributed by atoms with Crippen LogP contribution in [0.4, 0.5) is 5.69 Å². The highest BCUT2D eigenvalue weighted by Crippen LogP contribution is 2.69. The van der Waals surface area contributed by atoms with Gasteiger partial charge in [-0.15, -0.1) is 11.8 Å². The average molecular weight is 516 g/mol. The zero-order chi connectivity index (χ0) is 26.4. The van der Waals surface area contributed by atoms with Crippen LogP contribution in [-0.4, -0.2) is 63.0 Å². The van der Waals surface area contributed by atoms with Crippen LogP contribution in [0.15, 0.2) is 18.2 Å². The summed E-state index contributed by atoms with van der Waals surface area (Å²) in [6, 6.07) is 4.70. The molecule has 3 saturated heterocycles. The van der Waals surface area contributed by atoms with E-state index in [4.69, 9.17) is 0 Å². The van der Waals surface area contributed by atoms with Gasteiger partial charge in [0.25, 0.3) is 0 Å². The summed E-state index contributed by atoms with van der Waals surface area (Å²) < 4.78 is -0.696. The molecular formula is C28H41N3O4S. The smallest absolute Gasteiger partial charge is 0.248 e. The van der Waals surface area contributed by atoms with E-state index in [0.717, 1.165) is 36.1 Å². The van der Waals surface area contributed by atoms with E-state index in [9.17, 15) is 19.5 Å². The average Bonchev–Trinajstić information content (AvgIpc) is 3.44. The van der Waals surface area contributed by atoms with E-state index >= 15 is 0 Å². The first kappa shape index (κ1) is 27.0. The number of nitrogens with zero attached hydrogens (tertiary/aromatic N) is 1. The summed E-state index contributed by atoms with van der Waals surface area (Å²) in [5, 5.41) is 16.6. The highest BCUT2D eigenvalue weighted by molar-refractivity contribution is 8.02. The number of amides is 3. The standard InChI is InChI=1S/C28H41N3O4S/c1-7-11-29-25(33)22-21-13-18(6)28(36-21)23(22)27(35)31(20(14-32)16(4)8-2)24(28)26(34)30-19-12-15(3)9-10-17(19)5/h9-10,12,16,18,20-24,32H,7-8,11,13-14H2,1-6H3,(H,29,33)(H,30,34)/t16-,18?,20-,21+,22-,23-,24?,28?/m0/s1. The van der Waals surface area contributed by atoms with E-state index in [1.165, 1.54) is 0 Å². The second-order valence-corrected chi connectivity index (χ2v) is 12.6. The molecule has 8 atom stereocenters. The Morgan fingerprint density at radius 3 is 2.61 bits per heavy atom. The predicted molar refractivity (Wildman–Crippen MR) is 144 cm³/mol. The molecule has 3 amide bonds. The Morgan fingerprint density at radius 1 is 1.25 bits per heavy atom. The van der Waals surface area contributed by atoms with Crippen LogP contribution in [-0.2, 0) is 14.4 Å². The molecule has 1 aromatic carbocycles. The van der Waals surface area contributed by atoms with E-state index in [-0.39, 0.29) is 41.4 Å². The molecule has 3 aliphatic rings. The van der Waals surface area contributed by atoms with Gasteiger partial charge in [-0.2, -0.15) is 0 Å². The molecule has 3 aliphatic heterocycles. The fraction of sp³-hybridized carbons (Fsp3) is 0.679. The quantitative estimate of drug-likeness (QED) is 0.468. The molecule has 3 fully saturated rings. The van der Waals surface area contributed by atoms with Crippen molar-refractivity contribution in [3.05, 3.63) is 29.3 Å². The molecule has 7 nitrogen and oxygen atoms in total. The van der Waals surface area contributed by atoms with Crippen molar-refractivity contribution in [1.29, 1.82) is 0 Å². The number of carbonyl (C=O) groups is 3. The van der Waals surface area contributed by atoms with Gasteiger partial charge in [0.2, 0.25) is 17.7 Å². The lowest BCUT2D eigenvalue weighted by Crippen LogP contribution is -2.58. The Labute approximate surface area is 219 Å². The first-order valence-corrected chi connectivity index (χ1v) is 14.3. The predicted octanol–water partition coefficient (Wildman–Crippen LogP) is 3.51. The molecule has 0 radical (unpaired) electrons. The lowest BCUT2D eigenvalue weighted by atomic mass is 9.66. The Morgan fingerprint density at radius 2 is 1.97 bits per heavy atom. The van der Waals surface area contributed by atoms with Crippen molar-refractivity contribution in [3.8, 4) is 0 Å². The van der Waals surface area contributed by atoms with Gasteiger partial charge in [0.05, 0.1) is 29.2 Å². The van der Waals surface area contributed by atoms with Crippen LogP contribution >= 0.6 is 11.8 Å².